The highest BCUT2D eigenvalue weighted by Crippen LogP contribution is 2.10. The lowest BCUT2D eigenvalue weighted by Gasteiger charge is -2.36. The zero-order valence-corrected chi connectivity index (χ0v) is 15.4. The third kappa shape index (κ3) is 4.45. The Morgan fingerprint density at radius 2 is 1.92 bits per heavy atom. The number of piperazine rings is 1. The van der Waals surface area contributed by atoms with Gasteiger partial charge in [-0.05, 0) is 31.0 Å². The first-order valence-electron chi connectivity index (χ1n) is 9.01. The topological polar surface area (TPSA) is 61.1 Å². The molecule has 0 radical (unpaired) electrons. The van der Waals surface area contributed by atoms with Crippen LogP contribution in [0, 0.1) is 6.92 Å². The summed E-state index contributed by atoms with van der Waals surface area (Å²) >= 11 is 0. The second-order valence-electron chi connectivity index (χ2n) is 6.47. The second kappa shape index (κ2) is 8.56. The molecular weight excluding hydrogens is 328 g/mol. The van der Waals surface area contributed by atoms with Gasteiger partial charge in [0.25, 0.3) is 5.91 Å². The quantitative estimate of drug-likeness (QED) is 0.675. The average molecular weight is 354 g/mol. The lowest BCUT2D eigenvalue weighted by Crippen LogP contribution is -2.54. The van der Waals surface area contributed by atoms with Gasteiger partial charge in [-0.3, -0.25) is 9.79 Å². The van der Waals surface area contributed by atoms with Gasteiger partial charge >= 0.3 is 0 Å². The van der Waals surface area contributed by atoms with Crippen LogP contribution in [-0.4, -0.2) is 61.4 Å². The zero-order valence-electron chi connectivity index (χ0n) is 15.4. The summed E-state index contributed by atoms with van der Waals surface area (Å²) in [5.41, 5.74) is 2.60. The Morgan fingerprint density at radius 1 is 1.15 bits per heavy atom. The molecule has 1 fully saturated rings. The van der Waals surface area contributed by atoms with Gasteiger partial charge in [0, 0.05) is 39.8 Å². The molecule has 1 aromatic heterocycles. The molecule has 0 bridgehead atoms. The van der Waals surface area contributed by atoms with E-state index in [1.165, 1.54) is 17.4 Å². The molecule has 0 unspecified atom stereocenters. The fraction of sp³-hybridized carbons (Fsp3) is 0.400. The first-order valence-corrected chi connectivity index (χ1v) is 9.01. The molecule has 0 saturated carbocycles. The number of rotatable bonds is 4. The number of benzene rings is 1. The van der Waals surface area contributed by atoms with Crippen LogP contribution < -0.4 is 5.32 Å². The van der Waals surface area contributed by atoms with Crippen molar-refractivity contribution in [3.8, 4) is 0 Å². The van der Waals surface area contributed by atoms with Gasteiger partial charge in [0.2, 0.25) is 0 Å². The first-order chi connectivity index (χ1) is 12.7. The molecule has 6 heteroatoms. The van der Waals surface area contributed by atoms with Crippen molar-refractivity contribution in [1.82, 2.24) is 15.1 Å². The van der Waals surface area contributed by atoms with Gasteiger partial charge in [-0.25, -0.2) is 0 Å². The third-order valence-corrected chi connectivity index (χ3v) is 4.59. The van der Waals surface area contributed by atoms with Crippen LogP contribution >= 0.6 is 0 Å². The smallest absolute Gasteiger partial charge is 0.289 e. The minimum absolute atomic E-state index is 0.0444. The molecule has 1 aliphatic rings. The number of aryl methyl sites for hydroxylation is 1. The number of aliphatic imine (C=N–C) groups is 1. The van der Waals surface area contributed by atoms with Gasteiger partial charge in [0.15, 0.2) is 11.7 Å². The number of hydrogen-bond donors (Lipinski definition) is 1. The van der Waals surface area contributed by atoms with E-state index >= 15 is 0 Å². The van der Waals surface area contributed by atoms with Crippen LogP contribution in [0.5, 0.6) is 0 Å². The first kappa shape index (κ1) is 18.0. The number of furan rings is 1. The lowest BCUT2D eigenvalue weighted by molar-refractivity contribution is 0.0658. The predicted octanol–water partition coefficient (Wildman–Crippen LogP) is 2.16. The van der Waals surface area contributed by atoms with Crippen molar-refractivity contribution in [1.29, 1.82) is 0 Å². The molecule has 0 aliphatic carbocycles. The van der Waals surface area contributed by atoms with Crippen LogP contribution in [0.15, 0.2) is 52.1 Å². The van der Waals surface area contributed by atoms with Crippen LogP contribution in [0.4, 0.5) is 0 Å². The molecule has 1 amide bonds. The van der Waals surface area contributed by atoms with Crippen LogP contribution in [0.25, 0.3) is 0 Å². The lowest BCUT2D eigenvalue weighted by atomic mass is 10.1. The maximum Gasteiger partial charge on any atom is 0.289 e. The highest BCUT2D eigenvalue weighted by molar-refractivity contribution is 5.91. The van der Waals surface area contributed by atoms with E-state index in [1.54, 1.807) is 19.2 Å². The van der Waals surface area contributed by atoms with Gasteiger partial charge in [0.1, 0.15) is 0 Å². The summed E-state index contributed by atoms with van der Waals surface area (Å²) in [6.07, 6.45) is 2.49. The highest BCUT2D eigenvalue weighted by atomic mass is 16.3. The van der Waals surface area contributed by atoms with E-state index in [-0.39, 0.29) is 5.91 Å². The molecule has 0 atom stereocenters. The van der Waals surface area contributed by atoms with Crippen molar-refractivity contribution in [2.24, 2.45) is 4.99 Å². The monoisotopic (exact) mass is 354 g/mol. The number of amides is 1. The summed E-state index contributed by atoms with van der Waals surface area (Å²) < 4.78 is 5.21. The molecular formula is C20H26N4O2. The summed E-state index contributed by atoms with van der Waals surface area (Å²) in [6, 6.07) is 12.0. The van der Waals surface area contributed by atoms with Crippen molar-refractivity contribution in [2.75, 3.05) is 39.8 Å². The molecule has 0 spiro atoms. The van der Waals surface area contributed by atoms with Crippen molar-refractivity contribution < 1.29 is 9.21 Å². The Balaban J connectivity index is 1.47. The molecule has 138 valence electrons. The van der Waals surface area contributed by atoms with E-state index in [9.17, 15) is 4.79 Å². The zero-order chi connectivity index (χ0) is 18.4. The van der Waals surface area contributed by atoms with E-state index in [2.05, 4.69) is 46.4 Å². The minimum Gasteiger partial charge on any atom is -0.459 e. The van der Waals surface area contributed by atoms with Crippen LogP contribution in [0.3, 0.4) is 0 Å². The van der Waals surface area contributed by atoms with E-state index in [4.69, 9.17) is 4.42 Å². The summed E-state index contributed by atoms with van der Waals surface area (Å²) in [7, 11) is 1.80. The Bertz CT molecular complexity index is 747. The van der Waals surface area contributed by atoms with Gasteiger partial charge in [0.05, 0.1) is 6.26 Å². The number of nitrogens with zero attached hydrogens (tertiary/aromatic N) is 3. The summed E-state index contributed by atoms with van der Waals surface area (Å²) in [4.78, 5) is 20.7. The van der Waals surface area contributed by atoms with Crippen molar-refractivity contribution in [3.05, 3.63) is 59.5 Å². The standard InChI is InChI=1S/C20H26N4O2/c1-16-5-3-6-17(15-16)8-9-22-20(21-2)24-12-10-23(11-13-24)19(25)18-7-4-14-26-18/h3-7,14-15H,8-13H2,1-2H3,(H,21,22). The predicted molar refractivity (Wildman–Crippen MR) is 102 cm³/mol. The van der Waals surface area contributed by atoms with Crippen molar-refractivity contribution >= 4 is 11.9 Å². The van der Waals surface area contributed by atoms with E-state index < -0.39 is 0 Å². The summed E-state index contributed by atoms with van der Waals surface area (Å²) in [5, 5.41) is 3.43. The van der Waals surface area contributed by atoms with Gasteiger partial charge < -0.3 is 19.5 Å². The SMILES string of the molecule is CN=C(NCCc1cccc(C)c1)N1CCN(C(=O)c2ccco2)CC1. The van der Waals surface area contributed by atoms with E-state index in [1.807, 2.05) is 4.90 Å². The second-order valence-corrected chi connectivity index (χ2v) is 6.47. The molecule has 26 heavy (non-hydrogen) atoms. The molecule has 1 aliphatic heterocycles. The van der Waals surface area contributed by atoms with Gasteiger partial charge in [-0.1, -0.05) is 29.8 Å². The minimum atomic E-state index is -0.0444. The van der Waals surface area contributed by atoms with Gasteiger partial charge in [-0.15, -0.1) is 0 Å². The van der Waals surface area contributed by atoms with Crippen LogP contribution in [-0.2, 0) is 6.42 Å². The van der Waals surface area contributed by atoms with Crippen molar-refractivity contribution in [2.45, 2.75) is 13.3 Å². The molecule has 2 aromatic rings. The van der Waals surface area contributed by atoms with Crippen LogP contribution in [0.1, 0.15) is 21.7 Å². The molecule has 1 N–H and O–H groups in total. The Labute approximate surface area is 154 Å². The van der Waals surface area contributed by atoms with E-state index in [0.29, 0.717) is 18.8 Å². The number of carbonyl (C=O) groups is 1. The number of hydrogen-bond acceptors (Lipinski definition) is 3. The summed E-state index contributed by atoms with van der Waals surface area (Å²) in [5.74, 6) is 1.25. The molecule has 6 nitrogen and oxygen atoms in total. The fourth-order valence-corrected chi connectivity index (χ4v) is 3.20. The Kier molecular flexibility index (Phi) is 5.94. The largest absolute Gasteiger partial charge is 0.459 e. The highest BCUT2D eigenvalue weighted by Gasteiger charge is 2.24. The third-order valence-electron chi connectivity index (χ3n) is 4.59. The summed E-state index contributed by atoms with van der Waals surface area (Å²) in [6.45, 7) is 5.80. The average Bonchev–Trinajstić information content (AvgIpc) is 3.20. The number of nitrogens with one attached hydrogen (secondary N) is 1. The van der Waals surface area contributed by atoms with Crippen LogP contribution in [0.2, 0.25) is 0 Å². The normalized spacial score (nSPS) is 15.2. The molecule has 1 saturated heterocycles. The molecule has 3 rings (SSSR count). The maximum absolute atomic E-state index is 12.3. The van der Waals surface area contributed by atoms with Crippen molar-refractivity contribution in [3.63, 3.8) is 0 Å². The van der Waals surface area contributed by atoms with Gasteiger partial charge in [-0.2, -0.15) is 0 Å². The maximum atomic E-state index is 12.3. The molecule has 1 aromatic carbocycles. The number of guanidine groups is 1. The van der Waals surface area contributed by atoms with E-state index in [0.717, 1.165) is 32.0 Å². The molecule has 2 heterocycles. The Morgan fingerprint density at radius 3 is 2.58 bits per heavy atom. The fourth-order valence-electron chi connectivity index (χ4n) is 3.20. The number of carbonyl (C=O) groups excluding carboxylic acids is 1. The Hall–Kier alpha value is -2.76.